The van der Waals surface area contributed by atoms with E-state index in [2.05, 4.69) is 20.4 Å². The Morgan fingerprint density at radius 1 is 1.17 bits per heavy atom. The Labute approximate surface area is 177 Å². The molecule has 0 radical (unpaired) electrons. The monoisotopic (exact) mass is 407 g/mol. The Morgan fingerprint density at radius 3 is 2.60 bits per heavy atom. The molecule has 30 heavy (non-hydrogen) atoms. The number of aromatic nitrogens is 2. The van der Waals surface area contributed by atoms with Crippen LogP contribution in [0.5, 0.6) is 0 Å². The van der Waals surface area contributed by atoms with Crippen LogP contribution < -0.4 is 15.9 Å². The molecule has 3 rings (SSSR count). The Bertz CT molecular complexity index is 1070. The van der Waals surface area contributed by atoms with Gasteiger partial charge < -0.3 is 9.64 Å². The second kappa shape index (κ2) is 10.0. The van der Waals surface area contributed by atoms with Crippen LogP contribution >= 0.6 is 0 Å². The van der Waals surface area contributed by atoms with E-state index in [-0.39, 0.29) is 5.56 Å². The van der Waals surface area contributed by atoms with E-state index in [0.29, 0.717) is 36.6 Å². The minimum Gasteiger partial charge on any atom is -0.382 e. The lowest BCUT2D eigenvalue weighted by Crippen LogP contribution is -2.25. The van der Waals surface area contributed by atoms with Gasteiger partial charge in [0, 0.05) is 39.5 Å². The molecular weight excluding hydrogens is 378 g/mol. The summed E-state index contributed by atoms with van der Waals surface area (Å²) in [5.74, 6) is 0.430. The summed E-state index contributed by atoms with van der Waals surface area (Å²) >= 11 is 0. The molecule has 0 aliphatic rings. The van der Waals surface area contributed by atoms with Gasteiger partial charge >= 0.3 is 0 Å². The summed E-state index contributed by atoms with van der Waals surface area (Å²) in [6, 6.07) is 15.5. The molecule has 2 aromatic carbocycles. The Hall–Kier alpha value is -3.19. The van der Waals surface area contributed by atoms with Gasteiger partial charge in [-0.15, -0.1) is 0 Å². The molecule has 0 fully saturated rings. The average Bonchev–Trinajstić information content (AvgIpc) is 2.76. The van der Waals surface area contributed by atoms with Gasteiger partial charge in [0.15, 0.2) is 0 Å². The number of nitrogens with zero attached hydrogens (tertiary/aromatic N) is 4. The predicted molar refractivity (Wildman–Crippen MR) is 124 cm³/mol. The van der Waals surface area contributed by atoms with Crippen LogP contribution in [0.1, 0.15) is 25.8 Å². The number of hydrogen-bond donors (Lipinski definition) is 1. The van der Waals surface area contributed by atoms with Crippen molar-refractivity contribution in [2.75, 3.05) is 37.6 Å². The molecule has 7 heteroatoms. The maximum Gasteiger partial charge on any atom is 0.262 e. The largest absolute Gasteiger partial charge is 0.382 e. The second-order valence-electron chi connectivity index (χ2n) is 7.21. The van der Waals surface area contributed by atoms with Crippen molar-refractivity contribution >= 4 is 28.3 Å². The van der Waals surface area contributed by atoms with E-state index in [1.165, 1.54) is 0 Å². The van der Waals surface area contributed by atoms with Crippen LogP contribution in [-0.2, 0) is 11.3 Å². The summed E-state index contributed by atoms with van der Waals surface area (Å²) in [6.07, 6.45) is 0.719. The molecule has 0 saturated heterocycles. The zero-order chi connectivity index (χ0) is 21.5. The maximum atomic E-state index is 13.0. The third-order valence-electron chi connectivity index (χ3n) is 4.86. The SMILES string of the molecule is CCOCCCn1c(N/N=C(/C)c2ccc(N(C)C)cc2)nc2ccccc2c1=O. The van der Waals surface area contributed by atoms with Gasteiger partial charge in [-0.25, -0.2) is 10.4 Å². The summed E-state index contributed by atoms with van der Waals surface area (Å²) in [5, 5.41) is 5.09. The summed E-state index contributed by atoms with van der Waals surface area (Å²) in [6.45, 7) is 5.64. The lowest BCUT2D eigenvalue weighted by Gasteiger charge is -2.14. The molecule has 0 spiro atoms. The third-order valence-corrected chi connectivity index (χ3v) is 4.86. The van der Waals surface area contributed by atoms with Gasteiger partial charge in [-0.05, 0) is 50.1 Å². The van der Waals surface area contributed by atoms with Crippen molar-refractivity contribution in [3.8, 4) is 0 Å². The van der Waals surface area contributed by atoms with Crippen molar-refractivity contribution in [3.63, 3.8) is 0 Å². The Morgan fingerprint density at radius 2 is 1.90 bits per heavy atom. The van der Waals surface area contributed by atoms with Crippen LogP contribution in [0, 0.1) is 0 Å². The molecule has 0 saturated carbocycles. The number of hydrazone groups is 1. The maximum absolute atomic E-state index is 13.0. The molecule has 3 aromatic rings. The van der Waals surface area contributed by atoms with Gasteiger partial charge in [-0.2, -0.15) is 5.10 Å². The highest BCUT2D eigenvalue weighted by Gasteiger charge is 2.11. The fourth-order valence-electron chi connectivity index (χ4n) is 3.13. The zero-order valence-electron chi connectivity index (χ0n) is 18.1. The fourth-order valence-corrected chi connectivity index (χ4v) is 3.13. The molecule has 7 nitrogen and oxygen atoms in total. The molecule has 0 bridgehead atoms. The summed E-state index contributed by atoms with van der Waals surface area (Å²) in [5.41, 5.74) is 6.51. The summed E-state index contributed by atoms with van der Waals surface area (Å²) < 4.78 is 7.05. The molecule has 158 valence electrons. The van der Waals surface area contributed by atoms with Crippen molar-refractivity contribution in [1.29, 1.82) is 0 Å². The normalized spacial score (nSPS) is 11.7. The minimum absolute atomic E-state index is 0.0808. The molecule has 0 unspecified atom stereocenters. The highest BCUT2D eigenvalue weighted by atomic mass is 16.5. The minimum atomic E-state index is -0.0808. The van der Waals surface area contributed by atoms with E-state index in [9.17, 15) is 4.79 Å². The molecule has 0 atom stereocenters. The van der Waals surface area contributed by atoms with Crippen LogP contribution in [-0.4, -0.2) is 42.6 Å². The predicted octanol–water partition coefficient (Wildman–Crippen LogP) is 3.73. The molecule has 1 aromatic heterocycles. The van der Waals surface area contributed by atoms with Crippen LogP contribution in [0.15, 0.2) is 58.4 Å². The van der Waals surface area contributed by atoms with Gasteiger partial charge in [0.25, 0.3) is 5.56 Å². The standard InChI is InChI=1S/C23H29N5O2/c1-5-30-16-8-15-28-22(29)20-9-6-7-10-21(20)24-23(28)26-25-17(2)18-11-13-19(14-12-18)27(3)4/h6-7,9-14H,5,8,15-16H2,1-4H3,(H,24,26)/b25-17-. The topological polar surface area (TPSA) is 71.8 Å². The van der Waals surface area contributed by atoms with Crippen molar-refractivity contribution in [1.82, 2.24) is 9.55 Å². The highest BCUT2D eigenvalue weighted by Crippen LogP contribution is 2.14. The Balaban J connectivity index is 1.89. The molecular formula is C23H29N5O2. The number of ether oxygens (including phenoxy) is 1. The first-order valence-corrected chi connectivity index (χ1v) is 10.2. The number of anilines is 2. The first-order chi connectivity index (χ1) is 14.5. The first kappa shape index (κ1) is 21.5. The number of para-hydroxylation sites is 1. The average molecular weight is 408 g/mol. The summed E-state index contributed by atoms with van der Waals surface area (Å²) in [7, 11) is 4.02. The number of nitrogens with one attached hydrogen (secondary N) is 1. The molecule has 0 aliphatic carbocycles. The number of fused-ring (bicyclic) bond motifs is 1. The van der Waals surface area contributed by atoms with Crippen molar-refractivity contribution in [2.24, 2.45) is 5.10 Å². The highest BCUT2D eigenvalue weighted by molar-refractivity contribution is 5.99. The second-order valence-corrected chi connectivity index (χ2v) is 7.21. The molecule has 0 amide bonds. The summed E-state index contributed by atoms with van der Waals surface area (Å²) in [4.78, 5) is 19.7. The zero-order valence-corrected chi connectivity index (χ0v) is 18.1. The van der Waals surface area contributed by atoms with Crippen LogP contribution in [0.3, 0.4) is 0 Å². The number of benzene rings is 2. The Kier molecular flexibility index (Phi) is 7.19. The van der Waals surface area contributed by atoms with Crippen LogP contribution in [0.4, 0.5) is 11.6 Å². The van der Waals surface area contributed by atoms with Crippen molar-refractivity contribution in [2.45, 2.75) is 26.8 Å². The van der Waals surface area contributed by atoms with Crippen LogP contribution in [0.25, 0.3) is 10.9 Å². The van der Waals surface area contributed by atoms with Gasteiger partial charge in [0.05, 0.1) is 16.6 Å². The lowest BCUT2D eigenvalue weighted by atomic mass is 10.1. The quantitative estimate of drug-likeness (QED) is 0.332. The van der Waals surface area contributed by atoms with E-state index in [0.717, 1.165) is 23.4 Å². The van der Waals surface area contributed by atoms with Crippen molar-refractivity contribution in [3.05, 3.63) is 64.4 Å². The van der Waals surface area contributed by atoms with Gasteiger partial charge in [-0.1, -0.05) is 24.3 Å². The first-order valence-electron chi connectivity index (χ1n) is 10.2. The van der Waals surface area contributed by atoms with Crippen molar-refractivity contribution < 1.29 is 4.74 Å². The van der Waals surface area contributed by atoms with E-state index in [4.69, 9.17) is 4.74 Å². The van der Waals surface area contributed by atoms with E-state index < -0.39 is 0 Å². The molecule has 1 N–H and O–H groups in total. The lowest BCUT2D eigenvalue weighted by molar-refractivity contribution is 0.141. The number of rotatable bonds is 9. The van der Waals surface area contributed by atoms with Gasteiger partial charge in [0.2, 0.25) is 5.95 Å². The fraction of sp³-hybridized carbons (Fsp3) is 0.348. The van der Waals surface area contributed by atoms with E-state index in [1.54, 1.807) is 10.6 Å². The third kappa shape index (κ3) is 5.04. The molecule has 1 heterocycles. The van der Waals surface area contributed by atoms with E-state index in [1.807, 2.05) is 70.4 Å². The van der Waals surface area contributed by atoms with Gasteiger partial charge in [0.1, 0.15) is 0 Å². The number of hydrogen-bond acceptors (Lipinski definition) is 6. The smallest absolute Gasteiger partial charge is 0.262 e. The van der Waals surface area contributed by atoms with Crippen LogP contribution in [0.2, 0.25) is 0 Å². The molecule has 0 aliphatic heterocycles. The van der Waals surface area contributed by atoms with Gasteiger partial charge in [-0.3, -0.25) is 9.36 Å². The van der Waals surface area contributed by atoms with E-state index >= 15 is 0 Å².